The van der Waals surface area contributed by atoms with Gasteiger partial charge in [0.2, 0.25) is 0 Å². The average Bonchev–Trinajstić information content (AvgIpc) is 3.44. The van der Waals surface area contributed by atoms with Crippen LogP contribution in [0.1, 0.15) is 38.5 Å². The monoisotopic (exact) mass is 599 g/mol. The molecule has 0 radical (unpaired) electrons. The number of allylic oxidation sites excluding steroid dienone is 1. The van der Waals surface area contributed by atoms with Crippen molar-refractivity contribution in [2.45, 2.75) is 58.2 Å². The highest BCUT2D eigenvalue weighted by atomic mass is 32.2. The Balaban J connectivity index is 1.49. The van der Waals surface area contributed by atoms with Crippen LogP contribution < -0.4 is 9.62 Å². The lowest BCUT2D eigenvalue weighted by molar-refractivity contribution is -0.257. The first-order chi connectivity index (χ1) is 19.6. The molecule has 4 N–H and O–H groups in total. The van der Waals surface area contributed by atoms with E-state index in [-0.39, 0.29) is 0 Å². The summed E-state index contributed by atoms with van der Waals surface area (Å²) in [7, 11) is -4.25. The summed E-state index contributed by atoms with van der Waals surface area (Å²) < 4.78 is 33.2. The minimum Gasteiger partial charge on any atom is -0.390 e. The van der Waals surface area contributed by atoms with Crippen LogP contribution in [0.5, 0.6) is 0 Å². The molecule has 2 aromatic carbocycles. The topological polar surface area (TPSA) is 143 Å². The number of sulfonamides is 1. The van der Waals surface area contributed by atoms with Crippen molar-refractivity contribution >= 4 is 43.9 Å². The van der Waals surface area contributed by atoms with E-state index in [2.05, 4.69) is 53.8 Å². The van der Waals surface area contributed by atoms with Crippen LogP contribution in [-0.2, 0) is 14.8 Å². The minimum absolute atomic E-state index is 0.424. The third-order valence-corrected chi connectivity index (χ3v) is 9.68. The van der Waals surface area contributed by atoms with E-state index in [4.69, 9.17) is 4.74 Å². The van der Waals surface area contributed by atoms with Gasteiger partial charge in [-0.3, -0.25) is 0 Å². The molecule has 2 heterocycles. The summed E-state index contributed by atoms with van der Waals surface area (Å²) in [5.74, 6) is -0.734. The first kappa shape index (κ1) is 31.1. The zero-order valence-corrected chi connectivity index (χ0v) is 25.0. The third kappa shape index (κ3) is 7.16. The Hall–Kier alpha value is -2.82. The average molecular weight is 600 g/mol. The molecule has 0 bridgehead atoms. The number of aliphatic hydroxyl groups excluding tert-OH is 3. The normalized spacial score (nSPS) is 23.4. The lowest BCUT2D eigenvalue weighted by atomic mass is 9.92. The van der Waals surface area contributed by atoms with Crippen molar-refractivity contribution in [2.24, 2.45) is 5.92 Å². The number of rotatable bonds is 11. The summed E-state index contributed by atoms with van der Waals surface area (Å²) in [6, 6.07) is 18.1. The molecule has 1 aliphatic rings. The molecular formula is C30H37N3O6S2. The predicted octanol–water partition coefficient (Wildman–Crippen LogP) is 4.05. The van der Waals surface area contributed by atoms with Crippen LogP contribution in [0.3, 0.4) is 0 Å². The Morgan fingerprint density at radius 1 is 1.05 bits per heavy atom. The van der Waals surface area contributed by atoms with Gasteiger partial charge in [-0.15, -0.1) is 11.3 Å². The number of hydrogen-bond donors (Lipinski definition) is 4. The number of hydrogen-bond acceptors (Lipinski definition) is 9. The molecule has 0 spiro atoms. The van der Waals surface area contributed by atoms with Crippen molar-refractivity contribution in [3.05, 3.63) is 58.3 Å². The summed E-state index contributed by atoms with van der Waals surface area (Å²) in [6.45, 7) is 7.48. The van der Waals surface area contributed by atoms with E-state index in [1.807, 2.05) is 12.1 Å². The molecule has 3 aromatic rings. The maximum absolute atomic E-state index is 12.9. The van der Waals surface area contributed by atoms with Crippen LogP contribution in [0.15, 0.2) is 53.4 Å². The molecule has 9 nitrogen and oxygen atoms in total. The van der Waals surface area contributed by atoms with E-state index < -0.39 is 52.0 Å². The Labute approximate surface area is 245 Å². The highest BCUT2D eigenvalue weighted by molar-refractivity contribution is 7.93. The fraction of sp³-hybridized carbons (Fsp3) is 0.433. The van der Waals surface area contributed by atoms with Gasteiger partial charge in [0.05, 0.1) is 6.10 Å². The van der Waals surface area contributed by atoms with E-state index in [0.717, 1.165) is 47.1 Å². The predicted molar refractivity (Wildman–Crippen MR) is 163 cm³/mol. The molecular weight excluding hydrogens is 562 g/mol. The molecule has 41 heavy (non-hydrogen) atoms. The second kappa shape index (κ2) is 13.4. The number of fused-ring (bicyclic) bond motifs is 1. The summed E-state index contributed by atoms with van der Waals surface area (Å²) in [5.41, 5.74) is 2.20. The molecule has 4 rings (SSSR count). The number of anilines is 1. The number of benzene rings is 2. The van der Waals surface area contributed by atoms with E-state index >= 15 is 0 Å². The molecule has 0 aliphatic carbocycles. The van der Waals surface area contributed by atoms with Crippen LogP contribution in [-0.4, -0.2) is 68.0 Å². The van der Waals surface area contributed by atoms with Crippen molar-refractivity contribution in [2.75, 3.05) is 24.5 Å². The van der Waals surface area contributed by atoms with Crippen molar-refractivity contribution < 1.29 is 28.5 Å². The minimum atomic E-state index is -4.25. The van der Waals surface area contributed by atoms with Gasteiger partial charge in [-0.2, -0.15) is 5.26 Å². The maximum atomic E-state index is 12.9. The number of nitrogens with one attached hydrogen (secondary N) is 1. The highest BCUT2D eigenvalue weighted by Crippen LogP contribution is 2.33. The van der Waals surface area contributed by atoms with Gasteiger partial charge in [-0.25, -0.2) is 13.1 Å². The molecule has 1 saturated heterocycles. The first-order valence-electron chi connectivity index (χ1n) is 13.8. The second-order valence-electron chi connectivity index (χ2n) is 10.3. The van der Waals surface area contributed by atoms with Crippen LogP contribution in [0, 0.1) is 17.2 Å². The summed E-state index contributed by atoms with van der Waals surface area (Å²) >= 11 is 1.36. The number of ether oxygens (including phenoxy) is 1. The van der Waals surface area contributed by atoms with Gasteiger partial charge in [0.15, 0.2) is 11.2 Å². The van der Waals surface area contributed by atoms with Crippen molar-refractivity contribution in [1.82, 2.24) is 4.72 Å². The Morgan fingerprint density at radius 2 is 1.73 bits per heavy atom. The Kier molecular flexibility index (Phi) is 10.2. The Morgan fingerprint density at radius 3 is 2.41 bits per heavy atom. The van der Waals surface area contributed by atoms with Gasteiger partial charge in [0.1, 0.15) is 18.3 Å². The highest BCUT2D eigenvalue weighted by Gasteiger charge is 2.41. The Bertz CT molecular complexity index is 1520. The molecule has 0 saturated carbocycles. The summed E-state index contributed by atoms with van der Waals surface area (Å²) in [5, 5.41) is 42.0. The van der Waals surface area contributed by atoms with Gasteiger partial charge in [-0.1, -0.05) is 39.0 Å². The van der Waals surface area contributed by atoms with Crippen LogP contribution in [0.2, 0.25) is 0 Å². The molecule has 11 heteroatoms. The van der Waals surface area contributed by atoms with Gasteiger partial charge < -0.3 is 25.0 Å². The summed E-state index contributed by atoms with van der Waals surface area (Å²) in [4.78, 5) is 3.42. The van der Waals surface area contributed by atoms with Gasteiger partial charge in [0, 0.05) is 41.0 Å². The largest absolute Gasteiger partial charge is 0.390 e. The molecule has 5 atom stereocenters. The lowest BCUT2D eigenvalue weighted by Gasteiger charge is -2.39. The second-order valence-corrected chi connectivity index (χ2v) is 13.2. The smallest absolute Gasteiger partial charge is 0.250 e. The van der Waals surface area contributed by atoms with E-state index in [0.29, 0.717) is 4.88 Å². The number of thiophene rings is 1. The van der Waals surface area contributed by atoms with E-state index in [1.165, 1.54) is 30.0 Å². The molecule has 0 amide bonds. The fourth-order valence-corrected chi connectivity index (χ4v) is 6.86. The third-order valence-electron chi connectivity index (χ3n) is 7.27. The zero-order valence-electron chi connectivity index (χ0n) is 23.4. The molecule has 1 fully saturated rings. The standard InChI is InChI=1S/C30H37N3O6S2/c1-4-12-33(13-5-2)23-9-8-20-14-22(7-6-21(20)15-23)27-11-10-24(40-27)16-25(17-31)41(37,38)32-18-26-29(35)28(34)19(3)30(36)39-26/h6-11,14-16,19,26,28-30,32,34-36H,4-5,12-13,18H2,1-3H3/b25-16+/t19-,26-,28-,29-,30?/m1/s1. The van der Waals surface area contributed by atoms with Crippen molar-refractivity contribution in [3.63, 3.8) is 0 Å². The SMILES string of the molecule is CCCN(CCC)c1ccc2cc(-c3ccc(/C=C(\C#N)S(=O)(=O)NC[C@H]4OC(O)[C@H](C)[C@@H](O)[C@@H]4O)s3)ccc2c1. The first-order valence-corrected chi connectivity index (χ1v) is 16.1. The van der Waals surface area contributed by atoms with Gasteiger partial charge in [-0.05, 0) is 65.6 Å². The number of nitriles is 1. The number of aliphatic hydroxyl groups is 3. The van der Waals surface area contributed by atoms with Crippen LogP contribution >= 0.6 is 11.3 Å². The maximum Gasteiger partial charge on any atom is 0.250 e. The van der Waals surface area contributed by atoms with Crippen molar-refractivity contribution in [3.8, 4) is 16.5 Å². The molecule has 1 aliphatic heterocycles. The van der Waals surface area contributed by atoms with Gasteiger partial charge >= 0.3 is 0 Å². The molecule has 1 unspecified atom stereocenters. The van der Waals surface area contributed by atoms with Crippen LogP contribution in [0.4, 0.5) is 5.69 Å². The zero-order chi connectivity index (χ0) is 29.7. The number of nitrogens with zero attached hydrogens (tertiary/aromatic N) is 2. The molecule has 1 aromatic heterocycles. The van der Waals surface area contributed by atoms with Gasteiger partial charge in [0.25, 0.3) is 10.0 Å². The molecule has 220 valence electrons. The summed E-state index contributed by atoms with van der Waals surface area (Å²) in [6.07, 6.45) is -1.74. The fourth-order valence-electron chi connectivity index (χ4n) is 4.90. The van der Waals surface area contributed by atoms with E-state index in [9.17, 15) is 29.0 Å². The lowest BCUT2D eigenvalue weighted by Crippen LogP contribution is -2.56. The van der Waals surface area contributed by atoms with Crippen molar-refractivity contribution in [1.29, 1.82) is 5.26 Å². The van der Waals surface area contributed by atoms with E-state index in [1.54, 1.807) is 12.1 Å². The quantitative estimate of drug-likeness (QED) is 0.242. The van der Waals surface area contributed by atoms with Crippen LogP contribution in [0.25, 0.3) is 27.3 Å².